The predicted octanol–water partition coefficient (Wildman–Crippen LogP) is 0.0364. The Morgan fingerprint density at radius 3 is 2.53 bits per heavy atom. The first kappa shape index (κ1) is 14.4. The normalized spacial score (nSPS) is 21.5. The van der Waals surface area contributed by atoms with Crippen LogP contribution >= 0.6 is 0 Å². The van der Waals surface area contributed by atoms with Crippen LogP contribution in [0.2, 0.25) is 0 Å². The van der Waals surface area contributed by atoms with E-state index in [0.717, 1.165) is 6.54 Å². The molecule has 6 nitrogen and oxygen atoms in total. The van der Waals surface area contributed by atoms with Gasteiger partial charge in [0.05, 0.1) is 6.10 Å². The number of nitrogens with one attached hydrogen (secondary N) is 1. The van der Waals surface area contributed by atoms with Crippen LogP contribution < -0.4 is 5.32 Å². The summed E-state index contributed by atoms with van der Waals surface area (Å²) >= 11 is 0. The molecule has 1 fully saturated rings. The molecule has 0 aromatic rings. The first-order valence-corrected chi connectivity index (χ1v) is 7.09. The van der Waals surface area contributed by atoms with Crippen LogP contribution in [0.25, 0.3) is 0 Å². The van der Waals surface area contributed by atoms with Crippen molar-refractivity contribution >= 4 is 16.1 Å². The number of carbonyl (C=O) groups excluding carboxylic acids is 1. The lowest BCUT2D eigenvalue weighted by Crippen LogP contribution is -2.31. The van der Waals surface area contributed by atoms with Crippen molar-refractivity contribution in [2.45, 2.75) is 38.9 Å². The number of rotatable bonds is 4. The fourth-order valence-corrected chi connectivity index (χ4v) is 2.46. The van der Waals surface area contributed by atoms with Gasteiger partial charge >= 0.3 is 5.97 Å². The first-order valence-electron chi connectivity index (χ1n) is 5.51. The minimum Gasteiger partial charge on any atom is -0.459 e. The zero-order chi connectivity index (χ0) is 13.1. The van der Waals surface area contributed by atoms with Gasteiger partial charge < -0.3 is 10.1 Å². The molecule has 0 radical (unpaired) electrons. The summed E-state index contributed by atoms with van der Waals surface area (Å²) < 4.78 is 32.9. The fourth-order valence-electron chi connectivity index (χ4n) is 1.47. The van der Waals surface area contributed by atoms with Crippen LogP contribution in [0.5, 0.6) is 0 Å². The lowest BCUT2D eigenvalue weighted by molar-refractivity contribution is -0.151. The third-order valence-electron chi connectivity index (χ3n) is 2.01. The van der Waals surface area contributed by atoms with Gasteiger partial charge in [-0.15, -0.1) is 0 Å². The molecule has 17 heavy (non-hydrogen) atoms. The van der Waals surface area contributed by atoms with E-state index in [2.05, 4.69) is 5.32 Å². The number of carbonyl (C=O) groups is 1. The van der Waals surface area contributed by atoms with Gasteiger partial charge in [-0.05, 0) is 33.7 Å². The van der Waals surface area contributed by atoms with Crippen molar-refractivity contribution in [1.82, 2.24) is 5.32 Å². The van der Waals surface area contributed by atoms with Crippen LogP contribution in [-0.2, 0) is 23.8 Å². The summed E-state index contributed by atoms with van der Waals surface area (Å²) in [5.74, 6) is -1.52. The lowest BCUT2D eigenvalue weighted by atomic mass is 10.2. The lowest BCUT2D eigenvalue weighted by Gasteiger charge is -2.19. The van der Waals surface area contributed by atoms with E-state index < -0.39 is 27.4 Å². The maximum Gasteiger partial charge on any atom is 0.324 e. The zero-order valence-electron chi connectivity index (χ0n) is 10.4. The highest BCUT2D eigenvalue weighted by molar-refractivity contribution is 7.87. The van der Waals surface area contributed by atoms with Gasteiger partial charge in [-0.1, -0.05) is 0 Å². The molecule has 0 spiro atoms. The standard InChI is InChI=1S/C10H19NO5S/c1-10(2,3)15-9(12)7-17(13,14)16-8-4-5-11-6-8/h8,11H,4-7H2,1-3H3/t8-/m0/s1. The molecule has 0 aromatic heterocycles. The largest absolute Gasteiger partial charge is 0.459 e. The van der Waals surface area contributed by atoms with Crippen LogP contribution in [0.3, 0.4) is 0 Å². The second kappa shape index (κ2) is 5.32. The Bertz CT molecular complexity index is 365. The number of ether oxygens (including phenoxy) is 1. The molecule has 1 N–H and O–H groups in total. The van der Waals surface area contributed by atoms with Gasteiger partial charge in [0.2, 0.25) is 0 Å². The minimum atomic E-state index is -3.85. The molecule has 100 valence electrons. The van der Waals surface area contributed by atoms with E-state index in [1.807, 2.05) is 0 Å². The molecule has 1 aliphatic heterocycles. The van der Waals surface area contributed by atoms with Gasteiger partial charge in [-0.2, -0.15) is 8.42 Å². The summed E-state index contributed by atoms with van der Waals surface area (Å²) in [6, 6.07) is 0. The average molecular weight is 265 g/mol. The predicted molar refractivity (Wildman–Crippen MR) is 62.0 cm³/mol. The smallest absolute Gasteiger partial charge is 0.324 e. The second-order valence-electron chi connectivity index (χ2n) is 5.00. The van der Waals surface area contributed by atoms with Crippen LogP contribution in [0.4, 0.5) is 0 Å². The van der Waals surface area contributed by atoms with Gasteiger partial charge in [0.15, 0.2) is 5.75 Å². The number of hydrogen-bond acceptors (Lipinski definition) is 6. The SMILES string of the molecule is CC(C)(C)OC(=O)CS(=O)(=O)O[C@H]1CCNC1. The summed E-state index contributed by atoms with van der Waals surface area (Å²) in [5, 5.41) is 2.98. The van der Waals surface area contributed by atoms with E-state index in [0.29, 0.717) is 13.0 Å². The van der Waals surface area contributed by atoms with Crippen LogP contribution in [0.15, 0.2) is 0 Å². The third kappa shape index (κ3) is 5.99. The summed E-state index contributed by atoms with van der Waals surface area (Å²) in [6.45, 7) is 6.26. The van der Waals surface area contributed by atoms with Crippen LogP contribution in [0.1, 0.15) is 27.2 Å². The van der Waals surface area contributed by atoms with Crippen molar-refractivity contribution in [3.05, 3.63) is 0 Å². The van der Waals surface area contributed by atoms with Gasteiger partial charge in [0.25, 0.3) is 10.1 Å². The molecule has 0 amide bonds. The highest BCUT2D eigenvalue weighted by Crippen LogP contribution is 2.11. The molecular formula is C10H19NO5S. The first-order chi connectivity index (χ1) is 7.68. The van der Waals surface area contributed by atoms with E-state index in [4.69, 9.17) is 8.92 Å². The summed E-state index contributed by atoms with van der Waals surface area (Å²) in [7, 11) is -3.85. The molecule has 0 unspecified atom stereocenters. The Hall–Kier alpha value is -0.660. The fraction of sp³-hybridized carbons (Fsp3) is 0.900. The Labute approximate surface area is 102 Å². The third-order valence-corrected chi connectivity index (χ3v) is 3.17. The number of esters is 1. The molecule has 0 saturated carbocycles. The quantitative estimate of drug-likeness (QED) is 0.571. The van der Waals surface area contributed by atoms with Gasteiger partial charge in [0.1, 0.15) is 5.60 Å². The van der Waals surface area contributed by atoms with Crippen molar-refractivity contribution < 1.29 is 22.1 Å². The molecule has 0 aromatic carbocycles. The maximum absolute atomic E-state index is 11.5. The average Bonchev–Trinajstić information content (AvgIpc) is 2.49. The van der Waals surface area contributed by atoms with Crippen molar-refractivity contribution in [2.75, 3.05) is 18.8 Å². The zero-order valence-corrected chi connectivity index (χ0v) is 11.2. The summed E-state index contributed by atoms with van der Waals surface area (Å²) in [6.07, 6.45) is 0.260. The molecule has 1 saturated heterocycles. The second-order valence-corrected chi connectivity index (χ2v) is 6.60. The van der Waals surface area contributed by atoms with Gasteiger partial charge in [-0.25, -0.2) is 0 Å². The van der Waals surface area contributed by atoms with Gasteiger partial charge in [0, 0.05) is 6.54 Å². The topological polar surface area (TPSA) is 81.7 Å². The molecular weight excluding hydrogens is 246 g/mol. The van der Waals surface area contributed by atoms with Gasteiger partial charge in [-0.3, -0.25) is 8.98 Å². The van der Waals surface area contributed by atoms with E-state index in [1.54, 1.807) is 20.8 Å². The molecule has 1 heterocycles. The Morgan fingerprint density at radius 1 is 1.41 bits per heavy atom. The van der Waals surface area contributed by atoms with Crippen molar-refractivity contribution in [1.29, 1.82) is 0 Å². The number of hydrogen-bond donors (Lipinski definition) is 1. The Morgan fingerprint density at radius 2 is 2.06 bits per heavy atom. The van der Waals surface area contributed by atoms with Crippen molar-refractivity contribution in [3.63, 3.8) is 0 Å². The summed E-state index contributed by atoms with van der Waals surface area (Å²) in [5.41, 5.74) is -0.693. The molecule has 1 rings (SSSR count). The van der Waals surface area contributed by atoms with E-state index in [-0.39, 0.29) is 6.10 Å². The van der Waals surface area contributed by atoms with Crippen molar-refractivity contribution in [2.24, 2.45) is 0 Å². The van der Waals surface area contributed by atoms with E-state index in [1.165, 1.54) is 0 Å². The minimum absolute atomic E-state index is 0.373. The maximum atomic E-state index is 11.5. The highest BCUT2D eigenvalue weighted by Gasteiger charge is 2.27. The van der Waals surface area contributed by atoms with Crippen molar-refractivity contribution in [3.8, 4) is 0 Å². The summed E-state index contributed by atoms with van der Waals surface area (Å²) in [4.78, 5) is 11.4. The Kier molecular flexibility index (Phi) is 4.51. The molecule has 1 aliphatic rings. The molecule has 0 aliphatic carbocycles. The Balaban J connectivity index is 2.45. The van der Waals surface area contributed by atoms with Crippen LogP contribution in [-0.4, -0.2) is 44.9 Å². The van der Waals surface area contributed by atoms with E-state index >= 15 is 0 Å². The van der Waals surface area contributed by atoms with E-state index in [9.17, 15) is 13.2 Å². The molecule has 7 heteroatoms. The highest BCUT2D eigenvalue weighted by atomic mass is 32.2. The monoisotopic (exact) mass is 265 g/mol. The van der Waals surface area contributed by atoms with Crippen LogP contribution in [0, 0.1) is 0 Å². The molecule has 1 atom stereocenters. The molecule has 0 bridgehead atoms.